The molecule has 1 aromatic carbocycles. The van der Waals surface area contributed by atoms with Crippen LogP contribution in [0, 0.1) is 34.0 Å². The second-order valence-corrected chi connectivity index (χ2v) is 8.70. The molecule has 0 unspecified atom stereocenters. The number of imidazole rings is 1. The summed E-state index contributed by atoms with van der Waals surface area (Å²) in [5.74, 6) is -5.62. The van der Waals surface area contributed by atoms with Gasteiger partial charge in [0.05, 0.1) is 0 Å². The van der Waals surface area contributed by atoms with Crippen LogP contribution < -0.4 is 0 Å². The Morgan fingerprint density at radius 3 is 2.43 bits per heavy atom. The monoisotopic (exact) mass is 441 g/mol. The molecule has 1 amide bonds. The smallest absolute Gasteiger partial charge is 0.222 e. The second kappa shape index (κ2) is 8.17. The molecule has 0 radical (unpaired) electrons. The molecule has 162 valence electrons. The molecule has 1 fully saturated rings. The Hall–Kier alpha value is -2.16. The first-order chi connectivity index (χ1) is 14.3. The fraction of sp³-hybridized carbons (Fsp3) is 0.524. The number of aromatic nitrogens is 2. The van der Waals surface area contributed by atoms with E-state index in [1.807, 2.05) is 4.90 Å². The summed E-state index contributed by atoms with van der Waals surface area (Å²) in [5, 5.41) is 0. The maximum Gasteiger partial charge on any atom is 0.222 e. The standard InChI is InChI=1S/C21H23F4N3OS/c1-11-4-6-27(7-5-11)17(29)3-2-15-16-8-12(10-28(16)21(30)26-15)18-19(24)13(22)9-14(23)20(18)25/h9,11-12H,2-8,10H2,1H3,(H,26,30)/t12-/m0/s1. The van der Waals surface area contributed by atoms with Crippen LogP contribution in [0.3, 0.4) is 0 Å². The molecule has 4 nitrogen and oxygen atoms in total. The van der Waals surface area contributed by atoms with E-state index < -0.39 is 34.8 Å². The van der Waals surface area contributed by atoms with Gasteiger partial charge in [-0.25, -0.2) is 17.6 Å². The van der Waals surface area contributed by atoms with Crippen LogP contribution in [0.1, 0.15) is 49.1 Å². The number of benzene rings is 1. The Morgan fingerprint density at radius 1 is 1.17 bits per heavy atom. The minimum atomic E-state index is -1.41. The van der Waals surface area contributed by atoms with E-state index in [9.17, 15) is 22.4 Å². The molecule has 0 bridgehead atoms. The lowest BCUT2D eigenvalue weighted by Gasteiger charge is -2.30. The molecule has 9 heteroatoms. The third kappa shape index (κ3) is 3.79. The summed E-state index contributed by atoms with van der Waals surface area (Å²) in [5.41, 5.74) is 0.877. The first-order valence-electron chi connectivity index (χ1n) is 10.2. The van der Waals surface area contributed by atoms with Gasteiger partial charge in [-0.15, -0.1) is 0 Å². The van der Waals surface area contributed by atoms with Crippen LogP contribution in [0.2, 0.25) is 0 Å². The fourth-order valence-electron chi connectivity index (χ4n) is 4.50. The van der Waals surface area contributed by atoms with Crippen LogP contribution in [0.5, 0.6) is 0 Å². The fourth-order valence-corrected chi connectivity index (χ4v) is 4.81. The average molecular weight is 441 g/mol. The second-order valence-electron chi connectivity index (χ2n) is 8.31. The Kier molecular flexibility index (Phi) is 5.74. The van der Waals surface area contributed by atoms with Gasteiger partial charge in [-0.1, -0.05) is 6.92 Å². The van der Waals surface area contributed by atoms with Gasteiger partial charge in [-0.3, -0.25) is 4.79 Å². The van der Waals surface area contributed by atoms with E-state index in [2.05, 4.69) is 11.9 Å². The summed E-state index contributed by atoms with van der Waals surface area (Å²) in [6.45, 7) is 3.82. The molecule has 3 heterocycles. The topological polar surface area (TPSA) is 41.0 Å². The lowest BCUT2D eigenvalue weighted by Crippen LogP contribution is -2.38. The van der Waals surface area contributed by atoms with Crippen molar-refractivity contribution in [3.8, 4) is 0 Å². The van der Waals surface area contributed by atoms with Crippen molar-refractivity contribution < 1.29 is 22.4 Å². The van der Waals surface area contributed by atoms with Crippen molar-refractivity contribution in [2.24, 2.45) is 5.92 Å². The van der Waals surface area contributed by atoms with E-state index in [1.165, 1.54) is 0 Å². The lowest BCUT2D eigenvalue weighted by atomic mass is 9.94. The third-order valence-corrected chi connectivity index (χ3v) is 6.62. The van der Waals surface area contributed by atoms with Gasteiger partial charge >= 0.3 is 0 Å². The number of amides is 1. The van der Waals surface area contributed by atoms with Gasteiger partial charge in [0.15, 0.2) is 28.0 Å². The van der Waals surface area contributed by atoms with E-state index in [4.69, 9.17) is 12.2 Å². The zero-order chi connectivity index (χ0) is 21.6. The summed E-state index contributed by atoms with van der Waals surface area (Å²) in [6, 6.07) is 0.216. The highest BCUT2D eigenvalue weighted by Crippen LogP contribution is 2.36. The molecule has 2 aromatic rings. The Bertz CT molecular complexity index is 1010. The number of aryl methyl sites for hydroxylation is 1. The predicted molar refractivity (Wildman–Crippen MR) is 106 cm³/mol. The summed E-state index contributed by atoms with van der Waals surface area (Å²) in [7, 11) is 0. The van der Waals surface area contributed by atoms with Crippen molar-refractivity contribution in [2.75, 3.05) is 13.1 Å². The zero-order valence-electron chi connectivity index (χ0n) is 16.6. The molecule has 1 N–H and O–H groups in total. The SMILES string of the molecule is CC1CCN(C(=O)CCc2[nH]c(=S)n3c2C[C@H](c2c(F)c(F)cc(F)c2F)C3)CC1. The lowest BCUT2D eigenvalue weighted by molar-refractivity contribution is -0.132. The Morgan fingerprint density at radius 2 is 1.80 bits per heavy atom. The molecule has 30 heavy (non-hydrogen) atoms. The van der Waals surface area contributed by atoms with Crippen LogP contribution in [-0.4, -0.2) is 33.4 Å². The number of piperidine rings is 1. The van der Waals surface area contributed by atoms with E-state index >= 15 is 0 Å². The maximum absolute atomic E-state index is 14.2. The Labute approximate surface area is 176 Å². The highest BCUT2D eigenvalue weighted by atomic mass is 32.1. The predicted octanol–water partition coefficient (Wildman–Crippen LogP) is 4.63. The number of carbonyl (C=O) groups excluding carboxylic acids is 1. The number of nitrogens with zero attached hydrogens (tertiary/aromatic N) is 2. The molecular weight excluding hydrogens is 418 g/mol. The van der Waals surface area contributed by atoms with Crippen molar-refractivity contribution in [3.63, 3.8) is 0 Å². The van der Waals surface area contributed by atoms with Gasteiger partial charge in [-0.2, -0.15) is 0 Å². The van der Waals surface area contributed by atoms with Crippen molar-refractivity contribution in [2.45, 2.75) is 51.5 Å². The number of aromatic amines is 1. The van der Waals surface area contributed by atoms with E-state index in [-0.39, 0.29) is 24.9 Å². The molecule has 4 rings (SSSR count). The average Bonchev–Trinajstić information content (AvgIpc) is 3.26. The molecular formula is C21H23F4N3OS. The molecule has 0 aliphatic carbocycles. The summed E-state index contributed by atoms with van der Waals surface area (Å²) in [4.78, 5) is 17.5. The van der Waals surface area contributed by atoms with Crippen molar-refractivity contribution >= 4 is 18.1 Å². The number of carbonyl (C=O) groups is 1. The minimum absolute atomic E-state index is 0.0694. The summed E-state index contributed by atoms with van der Waals surface area (Å²) >= 11 is 5.31. The number of rotatable bonds is 4. The summed E-state index contributed by atoms with van der Waals surface area (Å²) < 4.78 is 57.8. The number of H-pyrrole nitrogens is 1. The van der Waals surface area contributed by atoms with E-state index in [1.54, 1.807) is 4.57 Å². The van der Waals surface area contributed by atoms with Crippen molar-refractivity contribution in [3.05, 3.63) is 51.1 Å². The number of hydrogen-bond acceptors (Lipinski definition) is 2. The van der Waals surface area contributed by atoms with Gasteiger partial charge in [0.2, 0.25) is 5.91 Å². The molecule has 1 aromatic heterocycles. The maximum atomic E-state index is 14.2. The number of fused-ring (bicyclic) bond motifs is 1. The van der Waals surface area contributed by atoms with Gasteiger partial charge in [-0.05, 0) is 43.8 Å². The number of hydrogen-bond donors (Lipinski definition) is 1. The highest BCUT2D eigenvalue weighted by molar-refractivity contribution is 7.71. The molecule has 2 aliphatic heterocycles. The molecule has 0 saturated carbocycles. The van der Waals surface area contributed by atoms with Crippen LogP contribution in [0.4, 0.5) is 17.6 Å². The van der Waals surface area contributed by atoms with Gasteiger partial charge < -0.3 is 14.5 Å². The summed E-state index contributed by atoms with van der Waals surface area (Å²) in [6.07, 6.45) is 2.91. The van der Waals surface area contributed by atoms with Crippen molar-refractivity contribution in [1.82, 2.24) is 14.5 Å². The highest BCUT2D eigenvalue weighted by Gasteiger charge is 2.33. The quantitative estimate of drug-likeness (QED) is 0.427. The Balaban J connectivity index is 1.50. The van der Waals surface area contributed by atoms with Crippen LogP contribution in [0.15, 0.2) is 6.07 Å². The molecule has 1 saturated heterocycles. The van der Waals surface area contributed by atoms with Gasteiger partial charge in [0, 0.05) is 55.0 Å². The number of nitrogens with one attached hydrogen (secondary N) is 1. The van der Waals surface area contributed by atoms with E-state index in [0.717, 1.165) is 37.3 Å². The van der Waals surface area contributed by atoms with Crippen LogP contribution >= 0.6 is 12.2 Å². The molecule has 0 spiro atoms. The third-order valence-electron chi connectivity index (χ3n) is 6.30. The van der Waals surface area contributed by atoms with E-state index in [0.29, 0.717) is 23.5 Å². The zero-order valence-corrected chi connectivity index (χ0v) is 17.4. The number of halogens is 4. The van der Waals surface area contributed by atoms with Gasteiger partial charge in [0.1, 0.15) is 0 Å². The van der Waals surface area contributed by atoms with Gasteiger partial charge in [0.25, 0.3) is 0 Å². The normalized spacial score (nSPS) is 19.4. The minimum Gasteiger partial charge on any atom is -0.343 e. The molecule has 1 atom stereocenters. The largest absolute Gasteiger partial charge is 0.343 e. The first kappa shape index (κ1) is 21.1. The van der Waals surface area contributed by atoms with Crippen LogP contribution in [-0.2, 0) is 24.2 Å². The van der Waals surface area contributed by atoms with Crippen molar-refractivity contribution in [1.29, 1.82) is 0 Å². The number of likely N-dealkylation sites (tertiary alicyclic amines) is 1. The van der Waals surface area contributed by atoms with Crippen LogP contribution in [0.25, 0.3) is 0 Å². The molecule has 2 aliphatic rings. The first-order valence-corrected chi connectivity index (χ1v) is 10.6.